The Labute approximate surface area is 97.9 Å². The molecular weight excluding hydrogens is 208 g/mol. The zero-order chi connectivity index (χ0) is 12.1. The van der Waals surface area contributed by atoms with Gasteiger partial charge < -0.3 is 20.1 Å². The number of methoxy groups -OCH3 is 1. The van der Waals surface area contributed by atoms with E-state index in [9.17, 15) is 4.79 Å². The molecule has 0 aromatic carbocycles. The quantitative estimate of drug-likeness (QED) is 0.498. The van der Waals surface area contributed by atoms with Crippen LogP contribution in [0.15, 0.2) is 0 Å². The van der Waals surface area contributed by atoms with Crippen molar-refractivity contribution < 1.29 is 14.3 Å². The van der Waals surface area contributed by atoms with Gasteiger partial charge in [0.15, 0.2) is 0 Å². The Morgan fingerprint density at radius 1 is 1.12 bits per heavy atom. The topological polar surface area (TPSA) is 59.6 Å². The van der Waals surface area contributed by atoms with Gasteiger partial charge in [-0.1, -0.05) is 0 Å². The molecule has 0 atom stereocenters. The first-order valence-electron chi connectivity index (χ1n) is 5.79. The third-order valence-corrected chi connectivity index (χ3v) is 2.05. The van der Waals surface area contributed by atoms with Crippen LogP contribution in [0.25, 0.3) is 0 Å². The van der Waals surface area contributed by atoms with Crippen molar-refractivity contribution in [3.63, 3.8) is 0 Å². The molecule has 0 saturated carbocycles. The molecule has 5 heteroatoms. The maximum absolute atomic E-state index is 11.3. The Balaban J connectivity index is 3.09. The molecule has 0 radical (unpaired) electrons. The Kier molecular flexibility index (Phi) is 11.9. The summed E-state index contributed by atoms with van der Waals surface area (Å²) in [5.41, 5.74) is 0. The molecule has 0 fully saturated rings. The van der Waals surface area contributed by atoms with E-state index in [4.69, 9.17) is 9.47 Å². The molecule has 96 valence electrons. The molecule has 0 spiro atoms. The number of nitrogens with one attached hydrogen (secondary N) is 2. The molecular formula is C11H24N2O3. The normalized spacial score (nSPS) is 10.4. The van der Waals surface area contributed by atoms with Crippen molar-refractivity contribution in [1.82, 2.24) is 10.6 Å². The van der Waals surface area contributed by atoms with Gasteiger partial charge in [-0.3, -0.25) is 4.79 Å². The van der Waals surface area contributed by atoms with Crippen molar-refractivity contribution in [1.29, 1.82) is 0 Å². The maximum atomic E-state index is 11.3. The van der Waals surface area contributed by atoms with Gasteiger partial charge in [-0.2, -0.15) is 0 Å². The molecule has 0 bridgehead atoms. The Morgan fingerprint density at radius 3 is 2.62 bits per heavy atom. The van der Waals surface area contributed by atoms with E-state index in [1.807, 2.05) is 7.05 Å². The van der Waals surface area contributed by atoms with Gasteiger partial charge in [0.1, 0.15) is 0 Å². The van der Waals surface area contributed by atoms with Gasteiger partial charge in [0, 0.05) is 26.7 Å². The lowest BCUT2D eigenvalue weighted by molar-refractivity contribution is -0.121. The van der Waals surface area contributed by atoms with E-state index in [2.05, 4.69) is 10.6 Å². The predicted octanol–water partition coefficient (Wildman–Crippen LogP) is 0.155. The second kappa shape index (κ2) is 12.4. The summed E-state index contributed by atoms with van der Waals surface area (Å²) in [5.74, 6) is 0.118. The Hall–Kier alpha value is -0.650. The molecule has 0 aromatic heterocycles. The minimum absolute atomic E-state index is 0.118. The highest BCUT2D eigenvalue weighted by atomic mass is 16.5. The molecule has 0 aliphatic heterocycles. The summed E-state index contributed by atoms with van der Waals surface area (Å²) in [6.45, 7) is 3.47. The van der Waals surface area contributed by atoms with Gasteiger partial charge in [0.25, 0.3) is 0 Å². The number of rotatable bonds is 11. The van der Waals surface area contributed by atoms with E-state index in [0.717, 1.165) is 19.4 Å². The van der Waals surface area contributed by atoms with Gasteiger partial charge in [-0.25, -0.2) is 0 Å². The van der Waals surface area contributed by atoms with E-state index in [1.54, 1.807) is 7.11 Å². The zero-order valence-corrected chi connectivity index (χ0v) is 10.4. The van der Waals surface area contributed by atoms with Crippen molar-refractivity contribution in [3.8, 4) is 0 Å². The maximum Gasteiger partial charge on any atom is 0.220 e. The van der Waals surface area contributed by atoms with Crippen LogP contribution in [-0.2, 0) is 14.3 Å². The third-order valence-electron chi connectivity index (χ3n) is 2.05. The summed E-state index contributed by atoms with van der Waals surface area (Å²) in [5, 5.41) is 5.86. The number of ether oxygens (including phenoxy) is 2. The average Bonchev–Trinajstić information content (AvgIpc) is 2.28. The summed E-state index contributed by atoms with van der Waals surface area (Å²) in [7, 11) is 3.53. The van der Waals surface area contributed by atoms with Gasteiger partial charge in [-0.05, 0) is 26.4 Å². The molecule has 16 heavy (non-hydrogen) atoms. The highest BCUT2D eigenvalue weighted by Gasteiger charge is 1.99. The standard InChI is InChI=1S/C11H24N2O3/c1-12-6-3-5-11(14)13-7-4-8-16-10-9-15-2/h12H,3-10H2,1-2H3,(H,13,14). The molecule has 1 amide bonds. The van der Waals surface area contributed by atoms with Crippen LogP contribution in [0.1, 0.15) is 19.3 Å². The summed E-state index contributed by atoms with van der Waals surface area (Å²) in [6.07, 6.45) is 2.32. The van der Waals surface area contributed by atoms with Crippen LogP contribution in [-0.4, -0.2) is 53.0 Å². The van der Waals surface area contributed by atoms with Crippen molar-refractivity contribution in [2.75, 3.05) is 47.1 Å². The van der Waals surface area contributed by atoms with E-state index >= 15 is 0 Å². The summed E-state index contributed by atoms with van der Waals surface area (Å²) < 4.78 is 10.1. The summed E-state index contributed by atoms with van der Waals surface area (Å²) >= 11 is 0. The molecule has 0 saturated heterocycles. The van der Waals surface area contributed by atoms with Gasteiger partial charge in [0.2, 0.25) is 5.91 Å². The highest BCUT2D eigenvalue weighted by molar-refractivity contribution is 5.75. The third kappa shape index (κ3) is 11.4. The minimum atomic E-state index is 0.118. The van der Waals surface area contributed by atoms with Crippen LogP contribution in [0.4, 0.5) is 0 Å². The molecule has 0 aliphatic carbocycles. The highest BCUT2D eigenvalue weighted by Crippen LogP contribution is 1.87. The van der Waals surface area contributed by atoms with Crippen molar-refractivity contribution in [2.45, 2.75) is 19.3 Å². The molecule has 5 nitrogen and oxygen atoms in total. The molecule has 0 rings (SSSR count). The number of hydrogen-bond donors (Lipinski definition) is 2. The molecule has 0 unspecified atom stereocenters. The van der Waals surface area contributed by atoms with Crippen LogP contribution in [0, 0.1) is 0 Å². The Morgan fingerprint density at radius 2 is 1.94 bits per heavy atom. The van der Waals surface area contributed by atoms with Crippen LogP contribution in [0.3, 0.4) is 0 Å². The van der Waals surface area contributed by atoms with E-state index < -0.39 is 0 Å². The van der Waals surface area contributed by atoms with E-state index in [-0.39, 0.29) is 5.91 Å². The fourth-order valence-corrected chi connectivity index (χ4v) is 1.16. The monoisotopic (exact) mass is 232 g/mol. The lowest BCUT2D eigenvalue weighted by Crippen LogP contribution is -2.26. The lowest BCUT2D eigenvalue weighted by atomic mass is 10.3. The first kappa shape index (κ1) is 15.3. The predicted molar refractivity (Wildman–Crippen MR) is 63.5 cm³/mol. The summed E-state index contributed by atoms with van der Waals surface area (Å²) in [6, 6.07) is 0. The second-order valence-corrected chi connectivity index (χ2v) is 3.52. The smallest absolute Gasteiger partial charge is 0.220 e. The van der Waals surface area contributed by atoms with Crippen LogP contribution in [0.2, 0.25) is 0 Å². The molecule has 2 N–H and O–H groups in total. The number of carbonyl (C=O) groups excluding carboxylic acids is 1. The number of amides is 1. The van der Waals surface area contributed by atoms with Gasteiger partial charge >= 0.3 is 0 Å². The fraction of sp³-hybridized carbons (Fsp3) is 0.909. The summed E-state index contributed by atoms with van der Waals surface area (Å²) in [4.78, 5) is 11.3. The SMILES string of the molecule is CNCCCC(=O)NCCCOCCOC. The second-order valence-electron chi connectivity index (χ2n) is 3.52. The van der Waals surface area contributed by atoms with E-state index in [1.165, 1.54) is 0 Å². The molecule has 0 aromatic rings. The zero-order valence-electron chi connectivity index (χ0n) is 10.4. The number of hydrogen-bond acceptors (Lipinski definition) is 4. The van der Waals surface area contributed by atoms with Crippen molar-refractivity contribution in [3.05, 3.63) is 0 Å². The lowest BCUT2D eigenvalue weighted by Gasteiger charge is -2.06. The average molecular weight is 232 g/mol. The molecule has 0 aliphatic rings. The fourth-order valence-electron chi connectivity index (χ4n) is 1.16. The minimum Gasteiger partial charge on any atom is -0.382 e. The first-order valence-corrected chi connectivity index (χ1v) is 5.79. The first-order chi connectivity index (χ1) is 7.81. The van der Waals surface area contributed by atoms with Gasteiger partial charge in [-0.15, -0.1) is 0 Å². The largest absolute Gasteiger partial charge is 0.382 e. The van der Waals surface area contributed by atoms with Crippen molar-refractivity contribution in [2.24, 2.45) is 0 Å². The Bertz CT molecular complexity index is 165. The van der Waals surface area contributed by atoms with Crippen LogP contribution >= 0.6 is 0 Å². The number of carbonyl (C=O) groups is 1. The molecule has 0 heterocycles. The van der Waals surface area contributed by atoms with Crippen LogP contribution in [0.5, 0.6) is 0 Å². The van der Waals surface area contributed by atoms with Crippen molar-refractivity contribution >= 4 is 5.91 Å². The van der Waals surface area contributed by atoms with E-state index in [0.29, 0.717) is 32.8 Å². The van der Waals surface area contributed by atoms with Crippen LogP contribution < -0.4 is 10.6 Å². The van der Waals surface area contributed by atoms with Gasteiger partial charge in [0.05, 0.1) is 13.2 Å².